The number of aryl methyl sites for hydroxylation is 1. The van der Waals surface area contributed by atoms with Gasteiger partial charge in [0.2, 0.25) is 0 Å². The summed E-state index contributed by atoms with van der Waals surface area (Å²) >= 11 is 5.59. The van der Waals surface area contributed by atoms with Gasteiger partial charge < -0.3 is 4.74 Å². The fraction of sp³-hybridized carbons (Fsp3) is 0.516. The van der Waals surface area contributed by atoms with Crippen LogP contribution in [0.2, 0.25) is 0 Å². The molecule has 0 amide bonds. The number of unbranched alkanes of at least 4 members (excludes halogenated alkanes) is 10. The van der Waals surface area contributed by atoms with Crippen molar-refractivity contribution < 1.29 is 4.74 Å². The highest BCUT2D eigenvalue weighted by Crippen LogP contribution is 2.24. The molecule has 0 atom stereocenters. The van der Waals surface area contributed by atoms with Gasteiger partial charge in [-0.25, -0.2) is 0 Å². The fourth-order valence-electron chi connectivity index (χ4n) is 4.10. The van der Waals surface area contributed by atoms with Gasteiger partial charge in [0, 0.05) is 10.4 Å². The number of ether oxygens (including phenoxy) is 1. The Labute approximate surface area is 208 Å². The Bertz CT molecular complexity index is 809. The standard InChI is InChI=1S/C31H44OS/c1-3-5-6-7-8-9-10-11-12-13-17-25-32-30-26-27(18-4-2)21-22-28(30)23-24-31(33)29-19-15-14-16-20-29/h14-16,19-24,26H,3-13,17-18,25H2,1-2H3. The van der Waals surface area contributed by atoms with E-state index in [-0.39, 0.29) is 0 Å². The predicted molar refractivity (Wildman–Crippen MR) is 150 cm³/mol. The van der Waals surface area contributed by atoms with E-state index in [0.717, 1.165) is 47.6 Å². The van der Waals surface area contributed by atoms with Crippen LogP contribution in [-0.2, 0) is 6.42 Å². The molecule has 0 aliphatic rings. The second kappa shape index (κ2) is 17.5. The third-order valence-electron chi connectivity index (χ3n) is 6.09. The molecule has 1 nitrogen and oxygen atoms in total. The molecular formula is C31H44OS. The van der Waals surface area contributed by atoms with Crippen molar-refractivity contribution in [2.45, 2.75) is 97.3 Å². The summed E-state index contributed by atoms with van der Waals surface area (Å²) in [5.41, 5.74) is 3.53. The van der Waals surface area contributed by atoms with Crippen molar-refractivity contribution in [2.24, 2.45) is 0 Å². The maximum atomic E-state index is 6.25. The molecule has 0 saturated carbocycles. The van der Waals surface area contributed by atoms with E-state index in [1.54, 1.807) is 0 Å². The van der Waals surface area contributed by atoms with E-state index in [4.69, 9.17) is 17.0 Å². The molecular weight excluding hydrogens is 420 g/mol. The van der Waals surface area contributed by atoms with E-state index in [9.17, 15) is 0 Å². The van der Waals surface area contributed by atoms with Gasteiger partial charge in [0.1, 0.15) is 5.75 Å². The zero-order valence-corrected chi connectivity index (χ0v) is 21.8. The Morgan fingerprint density at radius 3 is 2.03 bits per heavy atom. The average molecular weight is 465 g/mol. The average Bonchev–Trinajstić information content (AvgIpc) is 2.84. The largest absolute Gasteiger partial charge is 0.493 e. The minimum Gasteiger partial charge on any atom is -0.493 e. The van der Waals surface area contributed by atoms with E-state index >= 15 is 0 Å². The van der Waals surface area contributed by atoms with Crippen LogP contribution >= 0.6 is 12.2 Å². The first-order valence-electron chi connectivity index (χ1n) is 13.3. The molecule has 0 aliphatic carbocycles. The summed E-state index contributed by atoms with van der Waals surface area (Å²) in [6.07, 6.45) is 21.2. The van der Waals surface area contributed by atoms with Crippen molar-refractivity contribution in [3.05, 3.63) is 71.3 Å². The Kier molecular flexibility index (Phi) is 14.5. The molecule has 2 aromatic carbocycles. The minimum absolute atomic E-state index is 0.788. The highest BCUT2D eigenvalue weighted by atomic mass is 32.1. The van der Waals surface area contributed by atoms with Gasteiger partial charge in [-0.3, -0.25) is 0 Å². The van der Waals surface area contributed by atoms with Gasteiger partial charge in [-0.05, 0) is 42.2 Å². The Morgan fingerprint density at radius 1 is 0.758 bits per heavy atom. The molecule has 0 bridgehead atoms. The molecule has 0 fully saturated rings. The minimum atomic E-state index is 0.788. The SMILES string of the molecule is CCCCCCCCCCCCCOc1cc(CCC)ccc1C=CC(=S)c1ccccc1. The van der Waals surface area contributed by atoms with Gasteiger partial charge in [-0.1, -0.05) is 139 Å². The van der Waals surface area contributed by atoms with E-state index < -0.39 is 0 Å². The number of allylic oxidation sites excluding steroid dienone is 1. The quantitative estimate of drug-likeness (QED) is 0.0939. The van der Waals surface area contributed by atoms with Crippen molar-refractivity contribution >= 4 is 23.2 Å². The van der Waals surface area contributed by atoms with Gasteiger partial charge in [-0.2, -0.15) is 0 Å². The third-order valence-corrected chi connectivity index (χ3v) is 6.47. The Hall–Kier alpha value is -1.93. The van der Waals surface area contributed by atoms with Crippen LogP contribution in [0.1, 0.15) is 108 Å². The Balaban J connectivity index is 1.76. The maximum Gasteiger partial charge on any atom is 0.126 e. The molecule has 0 N–H and O–H groups in total. The van der Waals surface area contributed by atoms with Gasteiger partial charge in [0.05, 0.1) is 6.61 Å². The summed E-state index contributed by atoms with van der Waals surface area (Å²) in [4.78, 5) is 0.851. The lowest BCUT2D eigenvalue weighted by atomic mass is 10.0. The zero-order valence-electron chi connectivity index (χ0n) is 21.0. The smallest absolute Gasteiger partial charge is 0.126 e. The molecule has 0 aromatic heterocycles. The van der Waals surface area contributed by atoms with Gasteiger partial charge in [0.15, 0.2) is 0 Å². The molecule has 180 valence electrons. The van der Waals surface area contributed by atoms with Crippen LogP contribution in [0.3, 0.4) is 0 Å². The summed E-state index contributed by atoms with van der Waals surface area (Å²) in [5.74, 6) is 0.986. The second-order valence-electron chi connectivity index (χ2n) is 9.07. The summed E-state index contributed by atoms with van der Waals surface area (Å²) in [6, 6.07) is 16.8. The lowest BCUT2D eigenvalue weighted by Crippen LogP contribution is -2.00. The van der Waals surface area contributed by atoms with Crippen LogP contribution in [0.4, 0.5) is 0 Å². The molecule has 0 radical (unpaired) electrons. The number of hydrogen-bond acceptors (Lipinski definition) is 2. The van der Waals surface area contributed by atoms with Gasteiger partial charge in [-0.15, -0.1) is 0 Å². The number of hydrogen-bond donors (Lipinski definition) is 0. The molecule has 0 saturated heterocycles. The molecule has 2 aromatic rings. The van der Waals surface area contributed by atoms with Crippen molar-refractivity contribution in [3.63, 3.8) is 0 Å². The highest BCUT2D eigenvalue weighted by molar-refractivity contribution is 7.81. The molecule has 33 heavy (non-hydrogen) atoms. The van der Waals surface area contributed by atoms with Crippen molar-refractivity contribution in [2.75, 3.05) is 6.61 Å². The zero-order chi connectivity index (χ0) is 23.6. The van der Waals surface area contributed by atoms with Crippen LogP contribution in [0, 0.1) is 0 Å². The molecule has 2 rings (SSSR count). The normalized spacial score (nSPS) is 11.2. The van der Waals surface area contributed by atoms with E-state index in [1.807, 2.05) is 24.3 Å². The van der Waals surface area contributed by atoms with Crippen molar-refractivity contribution in [1.82, 2.24) is 0 Å². The first kappa shape index (κ1) is 27.3. The summed E-state index contributed by atoms with van der Waals surface area (Å²) in [5, 5.41) is 0. The monoisotopic (exact) mass is 464 g/mol. The number of benzene rings is 2. The fourth-order valence-corrected chi connectivity index (χ4v) is 4.30. The lowest BCUT2D eigenvalue weighted by molar-refractivity contribution is 0.303. The lowest BCUT2D eigenvalue weighted by Gasteiger charge is -2.12. The summed E-state index contributed by atoms with van der Waals surface area (Å²) < 4.78 is 6.25. The second-order valence-corrected chi connectivity index (χ2v) is 9.51. The van der Waals surface area contributed by atoms with E-state index in [2.05, 4.69) is 50.3 Å². The van der Waals surface area contributed by atoms with Crippen LogP contribution < -0.4 is 4.74 Å². The number of thiocarbonyl (C=S) groups is 1. The third kappa shape index (κ3) is 11.7. The van der Waals surface area contributed by atoms with Crippen molar-refractivity contribution in [3.8, 4) is 5.75 Å². The molecule has 0 aliphatic heterocycles. The van der Waals surface area contributed by atoms with E-state index in [1.165, 1.54) is 69.8 Å². The molecule has 0 unspecified atom stereocenters. The first-order chi connectivity index (χ1) is 16.2. The molecule has 0 spiro atoms. The maximum absolute atomic E-state index is 6.25. The molecule has 2 heteroatoms. The van der Waals surface area contributed by atoms with Crippen molar-refractivity contribution in [1.29, 1.82) is 0 Å². The summed E-state index contributed by atoms with van der Waals surface area (Å²) in [6.45, 7) is 5.29. The first-order valence-corrected chi connectivity index (χ1v) is 13.7. The Morgan fingerprint density at radius 2 is 1.39 bits per heavy atom. The topological polar surface area (TPSA) is 9.23 Å². The van der Waals surface area contributed by atoms with Gasteiger partial charge >= 0.3 is 0 Å². The van der Waals surface area contributed by atoms with Crippen LogP contribution in [-0.4, -0.2) is 11.5 Å². The molecule has 0 heterocycles. The van der Waals surface area contributed by atoms with Crippen LogP contribution in [0.25, 0.3) is 6.08 Å². The highest BCUT2D eigenvalue weighted by Gasteiger charge is 2.05. The predicted octanol–water partition coefficient (Wildman–Crippen LogP) is 9.76. The van der Waals surface area contributed by atoms with Crippen LogP contribution in [0.5, 0.6) is 5.75 Å². The summed E-state index contributed by atoms with van der Waals surface area (Å²) in [7, 11) is 0. The van der Waals surface area contributed by atoms with E-state index in [0.29, 0.717) is 0 Å². The van der Waals surface area contributed by atoms with Crippen LogP contribution in [0.15, 0.2) is 54.6 Å². The number of rotatable bonds is 18. The van der Waals surface area contributed by atoms with Gasteiger partial charge in [0.25, 0.3) is 0 Å².